The van der Waals surface area contributed by atoms with E-state index in [2.05, 4.69) is 15.9 Å². The van der Waals surface area contributed by atoms with Crippen LogP contribution in [0.5, 0.6) is 5.75 Å². The fraction of sp³-hybridized carbons (Fsp3) is 0.455. The van der Waals surface area contributed by atoms with Crippen LogP contribution < -0.4 is 4.52 Å². The van der Waals surface area contributed by atoms with Crippen LogP contribution in [0.1, 0.15) is 20.3 Å². The minimum Gasteiger partial charge on any atom is -0.415 e. The largest absolute Gasteiger partial charge is 0.466 e. The Morgan fingerprint density at radius 2 is 1.83 bits per heavy atom. The summed E-state index contributed by atoms with van der Waals surface area (Å²) < 4.78 is 32.9. The lowest BCUT2D eigenvalue weighted by Crippen LogP contribution is -1.96. The van der Waals surface area contributed by atoms with E-state index < -0.39 is 14.6 Å². The van der Waals surface area contributed by atoms with Crippen LogP contribution >= 0.6 is 53.5 Å². The Hall–Kier alpha value is 0.440. The van der Waals surface area contributed by atoms with Crippen molar-refractivity contribution in [1.82, 2.24) is 0 Å². The van der Waals surface area contributed by atoms with Gasteiger partial charge in [-0.05, 0) is 42.9 Å². The molecular weight excluding hydrogens is 453 g/mol. The summed E-state index contributed by atoms with van der Waals surface area (Å²) in [6.45, 7) is 0.946. The Morgan fingerprint density at radius 3 is 2.26 bits per heavy atom. The van der Waals surface area contributed by atoms with E-state index in [1.165, 1.54) is 11.4 Å². The van der Waals surface area contributed by atoms with Crippen molar-refractivity contribution in [2.24, 2.45) is 0 Å². The molecule has 1 aromatic carbocycles. The molecule has 12 heteroatoms. The molecule has 23 heavy (non-hydrogen) atoms. The number of hydrogen-bond donors (Lipinski definition) is 3. The van der Waals surface area contributed by atoms with Crippen LogP contribution in [-0.4, -0.2) is 27.0 Å². The maximum absolute atomic E-state index is 12.4. The van der Waals surface area contributed by atoms with E-state index in [4.69, 9.17) is 39.9 Å². The summed E-state index contributed by atoms with van der Waals surface area (Å²) in [6.07, 6.45) is 0.902. The molecule has 1 unspecified atom stereocenters. The molecule has 0 saturated carbocycles. The topological polar surface area (TPSA) is 113 Å². The van der Waals surface area contributed by atoms with Crippen LogP contribution in [0.3, 0.4) is 0 Å². The van der Waals surface area contributed by atoms with Gasteiger partial charge in [-0.15, -0.1) is 0 Å². The fourth-order valence-electron chi connectivity index (χ4n) is 1.12. The summed E-state index contributed by atoms with van der Waals surface area (Å²) in [5, 5.41) is 0.404. The second kappa shape index (κ2) is 11.1. The summed E-state index contributed by atoms with van der Waals surface area (Å²) in [4.78, 5) is 21.6. The standard InChI is InChI=1S/C11H15BrClO3PS.H3O4P/c1-3-7-18-17(14,15-4-2)16-11-6-5-9(12)8-10(11)13;1-5(2,3)4/h5-6,8H,3-4,7H2,1-2H3;(H3,1,2,3,4). The first kappa shape index (κ1) is 23.4. The predicted molar refractivity (Wildman–Crippen MR) is 96.0 cm³/mol. The van der Waals surface area contributed by atoms with Gasteiger partial charge in [-0.3, -0.25) is 4.52 Å². The summed E-state index contributed by atoms with van der Waals surface area (Å²) in [6, 6.07) is 5.14. The van der Waals surface area contributed by atoms with Crippen LogP contribution in [0, 0.1) is 0 Å². The average Bonchev–Trinajstić information content (AvgIpc) is 2.38. The summed E-state index contributed by atoms with van der Waals surface area (Å²) in [7, 11) is -4.64. The number of rotatable bonds is 7. The molecule has 1 aromatic rings. The van der Waals surface area contributed by atoms with E-state index in [1.807, 2.05) is 6.92 Å². The third-order valence-corrected chi connectivity index (χ3v) is 6.57. The molecule has 0 aliphatic rings. The summed E-state index contributed by atoms with van der Waals surface area (Å²) in [5.74, 6) is 1.09. The molecule has 0 spiro atoms. The van der Waals surface area contributed by atoms with E-state index in [-0.39, 0.29) is 0 Å². The lowest BCUT2D eigenvalue weighted by Gasteiger charge is -2.18. The second-order valence-electron chi connectivity index (χ2n) is 3.88. The molecule has 3 N–H and O–H groups in total. The molecule has 0 radical (unpaired) electrons. The van der Waals surface area contributed by atoms with Gasteiger partial charge in [0.15, 0.2) is 0 Å². The normalized spacial score (nSPS) is 13.7. The highest BCUT2D eigenvalue weighted by Crippen LogP contribution is 2.60. The minimum atomic E-state index is -4.64. The van der Waals surface area contributed by atoms with Crippen molar-refractivity contribution in [3.05, 3.63) is 27.7 Å². The Morgan fingerprint density at radius 1 is 1.26 bits per heavy atom. The van der Waals surface area contributed by atoms with Gasteiger partial charge in [-0.2, -0.15) is 0 Å². The van der Waals surface area contributed by atoms with Crippen molar-refractivity contribution in [2.75, 3.05) is 12.4 Å². The molecule has 0 fully saturated rings. The Bertz CT molecular complexity index is 575. The van der Waals surface area contributed by atoms with Crippen LogP contribution in [0.4, 0.5) is 0 Å². The number of halogens is 2. The van der Waals surface area contributed by atoms with Gasteiger partial charge < -0.3 is 19.2 Å². The zero-order valence-electron chi connectivity index (χ0n) is 12.4. The molecule has 1 atom stereocenters. The SMILES string of the molecule is CCCSP(=O)(OCC)Oc1ccc(Br)cc1Cl.O=P(O)(O)O. The number of hydrogen-bond acceptors (Lipinski definition) is 5. The second-order valence-corrected chi connectivity index (χ2v) is 10.3. The first-order valence-electron chi connectivity index (χ1n) is 6.32. The number of phosphoric acid groups is 1. The smallest absolute Gasteiger partial charge is 0.415 e. The molecule has 134 valence electrons. The van der Waals surface area contributed by atoms with Crippen LogP contribution in [-0.2, 0) is 13.7 Å². The van der Waals surface area contributed by atoms with E-state index >= 15 is 0 Å². The van der Waals surface area contributed by atoms with Crippen LogP contribution in [0.25, 0.3) is 0 Å². The molecular formula is C11H18BrClO7P2S. The van der Waals surface area contributed by atoms with Gasteiger partial charge in [-0.1, -0.05) is 34.5 Å². The monoisotopic (exact) mass is 470 g/mol. The molecule has 0 aliphatic carbocycles. The highest BCUT2D eigenvalue weighted by atomic mass is 79.9. The van der Waals surface area contributed by atoms with E-state index in [1.54, 1.807) is 25.1 Å². The summed E-state index contributed by atoms with van der Waals surface area (Å²) >= 11 is 10.5. The highest BCUT2D eigenvalue weighted by molar-refractivity contribution is 9.10. The quantitative estimate of drug-likeness (QED) is 0.484. The molecule has 0 bridgehead atoms. The van der Waals surface area contributed by atoms with Crippen molar-refractivity contribution >= 4 is 53.5 Å². The first-order valence-corrected chi connectivity index (χ1v) is 12.2. The third-order valence-electron chi connectivity index (χ3n) is 1.84. The van der Waals surface area contributed by atoms with Crippen molar-refractivity contribution in [3.8, 4) is 5.75 Å². The lowest BCUT2D eigenvalue weighted by atomic mass is 10.3. The van der Waals surface area contributed by atoms with Gasteiger partial charge in [0.05, 0.1) is 11.6 Å². The van der Waals surface area contributed by atoms with Crippen molar-refractivity contribution < 1.29 is 32.9 Å². The zero-order chi connectivity index (χ0) is 18.1. The van der Waals surface area contributed by atoms with Gasteiger partial charge in [0.2, 0.25) is 0 Å². The van der Waals surface area contributed by atoms with Gasteiger partial charge in [0.1, 0.15) is 5.75 Å². The highest BCUT2D eigenvalue weighted by Gasteiger charge is 2.27. The van der Waals surface area contributed by atoms with Gasteiger partial charge in [0.25, 0.3) is 0 Å². The van der Waals surface area contributed by atoms with Crippen LogP contribution in [0.15, 0.2) is 22.7 Å². The van der Waals surface area contributed by atoms with Gasteiger partial charge in [-0.25, -0.2) is 9.13 Å². The Balaban J connectivity index is 0.000000841. The molecule has 0 aromatic heterocycles. The lowest BCUT2D eigenvalue weighted by molar-refractivity contribution is 0.275. The first-order chi connectivity index (χ1) is 10.5. The molecule has 0 saturated heterocycles. The predicted octanol–water partition coefficient (Wildman–Crippen LogP) is 4.84. The van der Waals surface area contributed by atoms with E-state index in [0.717, 1.165) is 10.9 Å². The molecule has 0 amide bonds. The fourth-order valence-corrected chi connectivity index (χ4v) is 5.35. The van der Waals surface area contributed by atoms with Gasteiger partial charge in [0, 0.05) is 10.2 Å². The van der Waals surface area contributed by atoms with Crippen LogP contribution in [0.2, 0.25) is 5.02 Å². The maximum atomic E-state index is 12.4. The average molecular weight is 472 g/mol. The Labute approximate surface area is 152 Å². The Kier molecular flexibility index (Phi) is 11.3. The molecule has 7 nitrogen and oxygen atoms in total. The third kappa shape index (κ3) is 12.5. The molecule has 1 rings (SSSR count). The minimum absolute atomic E-state index is 0.335. The van der Waals surface area contributed by atoms with Gasteiger partial charge >= 0.3 is 14.6 Å². The number of benzene rings is 1. The van der Waals surface area contributed by atoms with E-state index in [9.17, 15) is 4.57 Å². The molecule has 0 aliphatic heterocycles. The zero-order valence-corrected chi connectivity index (χ0v) is 17.3. The van der Waals surface area contributed by atoms with Crippen molar-refractivity contribution in [3.63, 3.8) is 0 Å². The summed E-state index contributed by atoms with van der Waals surface area (Å²) in [5.41, 5.74) is 0. The van der Waals surface area contributed by atoms with Crippen molar-refractivity contribution in [1.29, 1.82) is 0 Å². The molecule has 0 heterocycles. The van der Waals surface area contributed by atoms with E-state index in [0.29, 0.717) is 23.1 Å². The maximum Gasteiger partial charge on any atom is 0.466 e. The van der Waals surface area contributed by atoms with Crippen molar-refractivity contribution in [2.45, 2.75) is 20.3 Å².